The lowest BCUT2D eigenvalue weighted by Gasteiger charge is -2.19. The van der Waals surface area contributed by atoms with Crippen LogP contribution in [0.4, 0.5) is 11.4 Å². The van der Waals surface area contributed by atoms with Crippen LogP contribution in [0.2, 0.25) is 10.0 Å². The summed E-state index contributed by atoms with van der Waals surface area (Å²) in [5.74, 6) is 1.18. The maximum atomic E-state index is 6.24. The van der Waals surface area contributed by atoms with E-state index in [0.717, 1.165) is 27.7 Å². The smallest absolute Gasteiger partial charge is 0.156 e. The number of nitrogens with zero attached hydrogens (tertiary/aromatic N) is 1. The molecule has 0 fully saturated rings. The fourth-order valence-corrected chi connectivity index (χ4v) is 3.46. The van der Waals surface area contributed by atoms with Crippen LogP contribution in [-0.2, 0) is 0 Å². The molecule has 0 aromatic heterocycles. The van der Waals surface area contributed by atoms with Crippen LogP contribution < -0.4 is 10.1 Å². The van der Waals surface area contributed by atoms with E-state index in [4.69, 9.17) is 32.9 Å². The molecule has 23 heavy (non-hydrogen) atoms. The number of hydrogen-bond donors (Lipinski definition) is 1. The number of halogens is 2. The van der Waals surface area contributed by atoms with E-state index < -0.39 is 0 Å². The minimum absolute atomic E-state index is 0.455. The van der Waals surface area contributed by atoms with E-state index in [0.29, 0.717) is 21.6 Å². The molecule has 0 spiro atoms. The molecule has 5 heteroatoms. The van der Waals surface area contributed by atoms with Crippen molar-refractivity contribution in [2.24, 2.45) is 4.99 Å². The van der Waals surface area contributed by atoms with Gasteiger partial charge < -0.3 is 10.1 Å². The summed E-state index contributed by atoms with van der Waals surface area (Å²) in [7, 11) is 1.54. The van der Waals surface area contributed by atoms with E-state index in [1.807, 2.05) is 24.3 Å². The van der Waals surface area contributed by atoms with E-state index in [1.54, 1.807) is 19.2 Å². The average molecular weight is 343 g/mol. The van der Waals surface area contributed by atoms with Crippen LogP contribution in [0.3, 0.4) is 0 Å². The molecule has 0 aliphatic carbocycles. The van der Waals surface area contributed by atoms with Crippen LogP contribution in [0.25, 0.3) is 10.8 Å². The summed E-state index contributed by atoms with van der Waals surface area (Å²) in [5.41, 5.74) is 2.76. The van der Waals surface area contributed by atoms with Gasteiger partial charge in [-0.25, -0.2) is 4.99 Å². The lowest BCUT2D eigenvalue weighted by atomic mass is 10.0. The van der Waals surface area contributed by atoms with Crippen LogP contribution in [-0.4, -0.2) is 12.9 Å². The van der Waals surface area contributed by atoms with Crippen molar-refractivity contribution in [2.75, 3.05) is 12.4 Å². The minimum atomic E-state index is 0.455. The molecule has 3 aromatic carbocycles. The first kappa shape index (κ1) is 14.4. The Labute approximate surface area is 143 Å². The summed E-state index contributed by atoms with van der Waals surface area (Å²) < 4.78 is 5.20. The van der Waals surface area contributed by atoms with E-state index in [-0.39, 0.29) is 0 Å². The zero-order valence-corrected chi connectivity index (χ0v) is 13.7. The van der Waals surface area contributed by atoms with Gasteiger partial charge in [0.1, 0.15) is 5.84 Å². The van der Waals surface area contributed by atoms with Gasteiger partial charge in [-0.2, -0.15) is 0 Å². The third-order valence-electron chi connectivity index (χ3n) is 3.84. The molecule has 0 saturated heterocycles. The lowest BCUT2D eigenvalue weighted by Crippen LogP contribution is -2.16. The molecule has 1 heterocycles. The fraction of sp³-hybridized carbons (Fsp3) is 0.0556. The second-order valence-electron chi connectivity index (χ2n) is 5.24. The van der Waals surface area contributed by atoms with Gasteiger partial charge in [-0.15, -0.1) is 0 Å². The van der Waals surface area contributed by atoms with Gasteiger partial charge in [0.05, 0.1) is 22.8 Å². The molecule has 0 saturated carbocycles. The number of rotatable bonds is 2. The van der Waals surface area contributed by atoms with Crippen LogP contribution in [0.1, 0.15) is 5.56 Å². The molecule has 1 N–H and O–H groups in total. The third kappa shape index (κ3) is 2.33. The topological polar surface area (TPSA) is 33.6 Å². The van der Waals surface area contributed by atoms with Crippen molar-refractivity contribution >= 4 is 51.2 Å². The third-order valence-corrected chi connectivity index (χ3v) is 4.41. The van der Waals surface area contributed by atoms with Crippen LogP contribution in [0, 0.1) is 0 Å². The Morgan fingerprint density at radius 2 is 1.70 bits per heavy atom. The molecular formula is C18H12Cl2N2O. The zero-order valence-electron chi connectivity index (χ0n) is 12.2. The second-order valence-corrected chi connectivity index (χ2v) is 6.05. The van der Waals surface area contributed by atoms with Crippen molar-refractivity contribution < 1.29 is 4.74 Å². The van der Waals surface area contributed by atoms with Gasteiger partial charge in [-0.1, -0.05) is 47.5 Å². The molecule has 3 aromatic rings. The summed E-state index contributed by atoms with van der Waals surface area (Å²) in [6.45, 7) is 0. The summed E-state index contributed by atoms with van der Waals surface area (Å²) in [6, 6.07) is 15.8. The highest BCUT2D eigenvalue weighted by Crippen LogP contribution is 2.38. The summed E-state index contributed by atoms with van der Waals surface area (Å²) in [4.78, 5) is 4.72. The Hall–Kier alpha value is -2.23. The number of ether oxygens (including phenoxy) is 1. The first-order valence-corrected chi connectivity index (χ1v) is 7.84. The van der Waals surface area contributed by atoms with Gasteiger partial charge in [-0.3, -0.25) is 0 Å². The predicted octanol–water partition coefficient (Wildman–Crippen LogP) is 5.66. The molecule has 0 unspecified atom stereocenters. The number of anilines is 1. The van der Waals surface area contributed by atoms with Crippen LogP contribution in [0.15, 0.2) is 53.5 Å². The molecule has 0 bridgehead atoms. The fourth-order valence-electron chi connectivity index (χ4n) is 2.82. The maximum Gasteiger partial charge on any atom is 0.156 e. The highest BCUT2D eigenvalue weighted by molar-refractivity contribution is 6.38. The average Bonchev–Trinajstić information content (AvgIpc) is 2.55. The first-order valence-electron chi connectivity index (χ1n) is 7.08. The SMILES string of the molecule is COc1c(Cl)cc(C2=Nc3cccc4cccc(c34)N2)cc1Cl. The first-order chi connectivity index (χ1) is 11.2. The monoisotopic (exact) mass is 342 g/mol. The number of benzene rings is 3. The summed E-state index contributed by atoms with van der Waals surface area (Å²) >= 11 is 12.5. The van der Waals surface area contributed by atoms with Gasteiger partial charge >= 0.3 is 0 Å². The largest absolute Gasteiger partial charge is 0.494 e. The van der Waals surface area contributed by atoms with Crippen molar-refractivity contribution in [2.45, 2.75) is 0 Å². The maximum absolute atomic E-state index is 6.24. The molecule has 1 aliphatic heterocycles. The Balaban J connectivity index is 1.89. The quantitative estimate of drug-likeness (QED) is 0.651. The number of aliphatic imine (C=N–C) groups is 1. The van der Waals surface area contributed by atoms with E-state index in [1.165, 1.54) is 0 Å². The zero-order chi connectivity index (χ0) is 16.0. The van der Waals surface area contributed by atoms with Gasteiger partial charge in [0.2, 0.25) is 0 Å². The Morgan fingerprint density at radius 3 is 2.39 bits per heavy atom. The second kappa shape index (κ2) is 5.44. The lowest BCUT2D eigenvalue weighted by molar-refractivity contribution is 0.415. The van der Waals surface area contributed by atoms with E-state index >= 15 is 0 Å². The Bertz CT molecular complexity index is 938. The van der Waals surface area contributed by atoms with E-state index in [2.05, 4.69) is 17.4 Å². The summed E-state index contributed by atoms with van der Waals surface area (Å²) in [6.07, 6.45) is 0. The Kier molecular flexibility index (Phi) is 3.40. The molecule has 0 atom stereocenters. The molecule has 4 rings (SSSR count). The molecule has 114 valence electrons. The van der Waals surface area contributed by atoms with E-state index in [9.17, 15) is 0 Å². The highest BCUT2D eigenvalue weighted by Gasteiger charge is 2.18. The number of nitrogens with one attached hydrogen (secondary N) is 1. The van der Waals surface area contributed by atoms with Crippen molar-refractivity contribution in [3.8, 4) is 5.75 Å². The number of hydrogen-bond acceptors (Lipinski definition) is 3. The molecule has 1 aliphatic rings. The summed E-state index contributed by atoms with van der Waals surface area (Å²) in [5, 5.41) is 6.54. The molecular weight excluding hydrogens is 331 g/mol. The van der Waals surface area contributed by atoms with Crippen LogP contribution >= 0.6 is 23.2 Å². The van der Waals surface area contributed by atoms with Gasteiger partial charge in [0, 0.05) is 16.6 Å². The minimum Gasteiger partial charge on any atom is -0.494 e. The van der Waals surface area contributed by atoms with Gasteiger partial charge in [-0.05, 0) is 29.7 Å². The van der Waals surface area contributed by atoms with Crippen LogP contribution in [0.5, 0.6) is 5.75 Å². The molecule has 3 nitrogen and oxygen atoms in total. The van der Waals surface area contributed by atoms with Crippen molar-refractivity contribution in [3.63, 3.8) is 0 Å². The van der Waals surface area contributed by atoms with Gasteiger partial charge in [0.25, 0.3) is 0 Å². The Morgan fingerprint density at radius 1 is 1.00 bits per heavy atom. The van der Waals surface area contributed by atoms with Crippen molar-refractivity contribution in [1.82, 2.24) is 0 Å². The normalized spacial score (nSPS) is 12.7. The standard InChI is InChI=1S/C18H12Cl2N2O/c1-23-17-12(19)8-11(9-13(17)20)18-21-14-6-2-4-10-5-3-7-15(22-18)16(10)14/h2-9H,1H3,(H,21,22). The molecule has 0 radical (unpaired) electrons. The van der Waals surface area contributed by atoms with Crippen molar-refractivity contribution in [3.05, 3.63) is 64.1 Å². The number of methoxy groups -OCH3 is 1. The predicted molar refractivity (Wildman–Crippen MR) is 96.8 cm³/mol. The molecule has 0 amide bonds. The number of amidine groups is 1. The van der Waals surface area contributed by atoms with Crippen molar-refractivity contribution in [1.29, 1.82) is 0 Å². The van der Waals surface area contributed by atoms with Gasteiger partial charge in [0.15, 0.2) is 5.75 Å². The highest BCUT2D eigenvalue weighted by atomic mass is 35.5.